The fraction of sp³-hybridized carbons (Fsp3) is 0.538. The van der Waals surface area contributed by atoms with Gasteiger partial charge in [0.05, 0.1) is 13.2 Å². The largest absolute Gasteiger partial charge is 0.493 e. The van der Waals surface area contributed by atoms with Crippen LogP contribution in [-0.4, -0.2) is 26.4 Å². The summed E-state index contributed by atoms with van der Waals surface area (Å²) in [5.74, 6) is 1.49. The second-order valence-electron chi connectivity index (χ2n) is 4.09. The lowest BCUT2D eigenvalue weighted by Gasteiger charge is -2.14. The standard InChI is InChI=1S/C13H19NO2/c14-7-3-8-16-13-5-2-1-4-12(13)11-6-9-15-10-11/h1-2,4-5,11H,3,6-10,14H2. The minimum Gasteiger partial charge on any atom is -0.493 e. The molecule has 1 saturated heterocycles. The Morgan fingerprint density at radius 2 is 2.25 bits per heavy atom. The highest BCUT2D eigenvalue weighted by molar-refractivity contribution is 5.36. The van der Waals surface area contributed by atoms with Crippen LogP contribution in [-0.2, 0) is 4.74 Å². The first-order valence-electron chi connectivity index (χ1n) is 5.91. The molecule has 0 bridgehead atoms. The summed E-state index contributed by atoms with van der Waals surface area (Å²) in [5, 5.41) is 0. The summed E-state index contributed by atoms with van der Waals surface area (Å²) in [6.45, 7) is 3.05. The van der Waals surface area contributed by atoms with Crippen LogP contribution in [0.5, 0.6) is 5.75 Å². The number of rotatable bonds is 5. The summed E-state index contributed by atoms with van der Waals surface area (Å²) in [5.41, 5.74) is 6.73. The van der Waals surface area contributed by atoms with Crippen LogP contribution in [0.4, 0.5) is 0 Å². The molecule has 1 aromatic rings. The Morgan fingerprint density at radius 1 is 1.38 bits per heavy atom. The lowest BCUT2D eigenvalue weighted by molar-refractivity contribution is 0.193. The summed E-state index contributed by atoms with van der Waals surface area (Å²) in [6, 6.07) is 8.24. The molecule has 0 amide bonds. The fourth-order valence-corrected chi connectivity index (χ4v) is 1.99. The highest BCUT2D eigenvalue weighted by atomic mass is 16.5. The van der Waals surface area contributed by atoms with E-state index in [-0.39, 0.29) is 0 Å². The molecule has 3 nitrogen and oxygen atoms in total. The number of benzene rings is 1. The van der Waals surface area contributed by atoms with E-state index in [0.717, 1.165) is 31.8 Å². The molecule has 1 atom stereocenters. The molecule has 1 unspecified atom stereocenters. The quantitative estimate of drug-likeness (QED) is 0.772. The molecule has 1 heterocycles. The minimum absolute atomic E-state index is 0.495. The molecule has 0 spiro atoms. The second-order valence-corrected chi connectivity index (χ2v) is 4.09. The molecule has 1 aromatic carbocycles. The van der Waals surface area contributed by atoms with Crippen molar-refractivity contribution in [2.75, 3.05) is 26.4 Å². The molecule has 1 aliphatic heterocycles. The summed E-state index contributed by atoms with van der Waals surface area (Å²) >= 11 is 0. The van der Waals surface area contributed by atoms with E-state index < -0.39 is 0 Å². The van der Waals surface area contributed by atoms with Gasteiger partial charge in [-0.25, -0.2) is 0 Å². The maximum Gasteiger partial charge on any atom is 0.122 e. The van der Waals surface area contributed by atoms with Crippen LogP contribution in [0.25, 0.3) is 0 Å². The van der Waals surface area contributed by atoms with Gasteiger partial charge < -0.3 is 15.2 Å². The van der Waals surface area contributed by atoms with E-state index in [1.807, 2.05) is 12.1 Å². The van der Waals surface area contributed by atoms with Gasteiger partial charge in [-0.2, -0.15) is 0 Å². The Hall–Kier alpha value is -1.06. The van der Waals surface area contributed by atoms with E-state index in [1.165, 1.54) is 5.56 Å². The van der Waals surface area contributed by atoms with Crippen LogP contribution in [0, 0.1) is 0 Å². The maximum absolute atomic E-state index is 5.75. The van der Waals surface area contributed by atoms with Crippen LogP contribution in [0.15, 0.2) is 24.3 Å². The SMILES string of the molecule is NCCCOc1ccccc1C1CCOC1. The van der Waals surface area contributed by atoms with Gasteiger partial charge in [0.2, 0.25) is 0 Å². The zero-order valence-corrected chi connectivity index (χ0v) is 9.52. The molecule has 1 fully saturated rings. The van der Waals surface area contributed by atoms with Gasteiger partial charge in [-0.3, -0.25) is 0 Å². The number of hydrogen-bond acceptors (Lipinski definition) is 3. The highest BCUT2D eigenvalue weighted by Crippen LogP contribution is 2.32. The molecule has 1 aliphatic rings. The smallest absolute Gasteiger partial charge is 0.122 e. The third-order valence-electron chi connectivity index (χ3n) is 2.89. The van der Waals surface area contributed by atoms with Gasteiger partial charge in [-0.05, 0) is 31.0 Å². The van der Waals surface area contributed by atoms with E-state index in [2.05, 4.69) is 12.1 Å². The van der Waals surface area contributed by atoms with E-state index in [9.17, 15) is 0 Å². The zero-order valence-electron chi connectivity index (χ0n) is 9.52. The van der Waals surface area contributed by atoms with Gasteiger partial charge >= 0.3 is 0 Å². The molecule has 0 radical (unpaired) electrons. The number of nitrogens with two attached hydrogens (primary N) is 1. The van der Waals surface area contributed by atoms with Gasteiger partial charge in [-0.15, -0.1) is 0 Å². The first-order chi connectivity index (χ1) is 7.92. The average molecular weight is 221 g/mol. The minimum atomic E-state index is 0.495. The van der Waals surface area contributed by atoms with Crippen molar-refractivity contribution in [2.24, 2.45) is 5.73 Å². The third-order valence-corrected chi connectivity index (χ3v) is 2.89. The Balaban J connectivity index is 2.04. The van der Waals surface area contributed by atoms with Crippen molar-refractivity contribution in [3.05, 3.63) is 29.8 Å². The molecule has 0 aromatic heterocycles. The van der Waals surface area contributed by atoms with Gasteiger partial charge in [0.25, 0.3) is 0 Å². The highest BCUT2D eigenvalue weighted by Gasteiger charge is 2.20. The Bertz CT molecular complexity index is 321. The Labute approximate surface area is 96.5 Å². The van der Waals surface area contributed by atoms with Gasteiger partial charge in [0, 0.05) is 12.5 Å². The lowest BCUT2D eigenvalue weighted by Crippen LogP contribution is -2.08. The van der Waals surface area contributed by atoms with Crippen molar-refractivity contribution in [3.63, 3.8) is 0 Å². The van der Waals surface area contributed by atoms with E-state index in [0.29, 0.717) is 19.1 Å². The first kappa shape index (κ1) is 11.4. The Morgan fingerprint density at radius 3 is 3.00 bits per heavy atom. The molecule has 16 heavy (non-hydrogen) atoms. The summed E-state index contributed by atoms with van der Waals surface area (Å²) in [6.07, 6.45) is 1.99. The van der Waals surface area contributed by atoms with Crippen molar-refractivity contribution in [1.29, 1.82) is 0 Å². The van der Waals surface area contributed by atoms with Crippen molar-refractivity contribution in [1.82, 2.24) is 0 Å². The number of ether oxygens (including phenoxy) is 2. The van der Waals surface area contributed by atoms with Crippen LogP contribution in [0.2, 0.25) is 0 Å². The van der Waals surface area contributed by atoms with E-state index >= 15 is 0 Å². The summed E-state index contributed by atoms with van der Waals surface area (Å²) in [4.78, 5) is 0. The monoisotopic (exact) mass is 221 g/mol. The predicted octanol–water partition coefficient (Wildman–Crippen LogP) is 1.92. The molecule has 88 valence electrons. The average Bonchev–Trinajstić information content (AvgIpc) is 2.83. The van der Waals surface area contributed by atoms with Crippen molar-refractivity contribution in [3.8, 4) is 5.75 Å². The molecular formula is C13H19NO2. The number of hydrogen-bond donors (Lipinski definition) is 1. The fourth-order valence-electron chi connectivity index (χ4n) is 1.99. The van der Waals surface area contributed by atoms with Crippen LogP contribution in [0.1, 0.15) is 24.3 Å². The molecule has 0 saturated carbocycles. The predicted molar refractivity (Wildman–Crippen MR) is 63.8 cm³/mol. The van der Waals surface area contributed by atoms with Gasteiger partial charge in [-0.1, -0.05) is 18.2 Å². The van der Waals surface area contributed by atoms with Crippen LogP contribution in [0.3, 0.4) is 0 Å². The topological polar surface area (TPSA) is 44.5 Å². The first-order valence-corrected chi connectivity index (χ1v) is 5.91. The van der Waals surface area contributed by atoms with Crippen molar-refractivity contribution < 1.29 is 9.47 Å². The maximum atomic E-state index is 5.75. The normalized spacial score (nSPS) is 19.9. The van der Waals surface area contributed by atoms with Crippen molar-refractivity contribution in [2.45, 2.75) is 18.8 Å². The second kappa shape index (κ2) is 5.87. The number of para-hydroxylation sites is 1. The van der Waals surface area contributed by atoms with Crippen LogP contribution < -0.4 is 10.5 Å². The summed E-state index contributed by atoms with van der Waals surface area (Å²) < 4.78 is 11.2. The van der Waals surface area contributed by atoms with Crippen molar-refractivity contribution >= 4 is 0 Å². The Kier molecular flexibility index (Phi) is 4.19. The summed E-state index contributed by atoms with van der Waals surface area (Å²) in [7, 11) is 0. The van der Waals surface area contributed by atoms with Gasteiger partial charge in [0.15, 0.2) is 0 Å². The lowest BCUT2D eigenvalue weighted by atomic mass is 9.98. The zero-order chi connectivity index (χ0) is 11.2. The molecule has 2 rings (SSSR count). The molecule has 2 N–H and O–H groups in total. The van der Waals surface area contributed by atoms with Gasteiger partial charge in [0.1, 0.15) is 5.75 Å². The molecule has 0 aliphatic carbocycles. The third kappa shape index (κ3) is 2.74. The molecular weight excluding hydrogens is 202 g/mol. The van der Waals surface area contributed by atoms with E-state index in [4.69, 9.17) is 15.2 Å². The van der Waals surface area contributed by atoms with E-state index in [1.54, 1.807) is 0 Å². The molecule has 3 heteroatoms. The van der Waals surface area contributed by atoms with Crippen LogP contribution >= 0.6 is 0 Å².